The quantitative estimate of drug-likeness (QED) is 0.0449. The molecule has 3 aromatic carbocycles. The van der Waals surface area contributed by atoms with Crippen LogP contribution in [0.4, 0.5) is 11.5 Å². The molecule has 6 aliphatic rings. The molecule has 2 amide bonds. The molecule has 5 atom stereocenters. The van der Waals surface area contributed by atoms with Gasteiger partial charge in [0.25, 0.3) is 5.91 Å². The monoisotopic (exact) mass is 1090 g/mol. The minimum atomic E-state index is -5.78. The second kappa shape index (κ2) is 21.1. The number of aromatic nitrogens is 2. The van der Waals surface area contributed by atoms with E-state index in [0.717, 1.165) is 116 Å². The molecule has 10 rings (SSSR count). The summed E-state index contributed by atoms with van der Waals surface area (Å²) < 4.78 is 63.0. The summed E-state index contributed by atoms with van der Waals surface area (Å²) >= 11 is 0. The van der Waals surface area contributed by atoms with Gasteiger partial charge in [-0.25, -0.2) is 23.1 Å². The zero-order valence-electron chi connectivity index (χ0n) is 40.9. The Morgan fingerprint density at radius 1 is 0.947 bits per heavy atom. The standard InChI is InChI=1S/C49H56N7O16P3/c1-53(19-9-17-40(58)51-18-4-10-31-27-56(49(60)52-47(31)50)41-26-38(57)39(69-41)28-68-74(64,65)72-75(66,67)71-73(61,62)63)48(59)33-14-3-2-13-32(33)42-36-24-29-11-5-20-54-22-7-15-34(43(29)54)45(36)70-46-35-16-8-23-55-21-6-12-30(44(35)55)25-37(42)46/h2-3,13-14,24-25,27,38-39,41,57H,5-9,11-12,15-23,26,28H2,1H3,(H6-,50,51,52,58,60,61,62,63,64,65,66,67)/p+1/t38-,39+,41+/m0/s1. The number of aryl methyl sites for hydroxylation is 2. The van der Waals surface area contributed by atoms with Gasteiger partial charge < -0.3 is 55.0 Å². The first kappa shape index (κ1) is 52.9. The molecule has 23 nitrogen and oxygen atoms in total. The van der Waals surface area contributed by atoms with Crippen molar-refractivity contribution in [1.29, 1.82) is 0 Å². The number of benzene rings is 3. The van der Waals surface area contributed by atoms with Gasteiger partial charge in [0, 0.05) is 97.3 Å². The Morgan fingerprint density at radius 3 is 2.47 bits per heavy atom. The van der Waals surface area contributed by atoms with Crippen molar-refractivity contribution in [2.75, 3.05) is 63.6 Å². The first-order valence-corrected chi connectivity index (χ1v) is 29.3. The number of nitrogens with two attached hydrogens (primary N) is 1. The number of nitrogen functional groups attached to an aromatic ring is 1. The van der Waals surface area contributed by atoms with Gasteiger partial charge in [-0.1, -0.05) is 30.0 Å². The fraction of sp³-hybridized carbons (Fsp3) is 0.449. The molecule has 1 fully saturated rings. The number of nitrogens with one attached hydrogen (secondary N) is 1. The van der Waals surface area contributed by atoms with Gasteiger partial charge in [-0.3, -0.25) is 18.7 Å². The van der Waals surface area contributed by atoms with E-state index in [-0.39, 0.29) is 42.6 Å². The van der Waals surface area contributed by atoms with Crippen molar-refractivity contribution in [3.05, 3.63) is 108 Å². The van der Waals surface area contributed by atoms with Crippen molar-refractivity contribution in [2.45, 2.75) is 89.1 Å². The van der Waals surface area contributed by atoms with E-state index in [0.29, 0.717) is 18.5 Å². The average molecular weight is 1090 g/mol. The maximum atomic E-state index is 14.6. The number of phosphoric acid groups is 3. The number of amides is 2. The summed E-state index contributed by atoms with van der Waals surface area (Å²) in [6.07, 6.45) is 5.43. The zero-order valence-corrected chi connectivity index (χ0v) is 43.6. The van der Waals surface area contributed by atoms with E-state index in [4.69, 9.17) is 25.0 Å². The van der Waals surface area contributed by atoms with Crippen LogP contribution in [0, 0.1) is 11.8 Å². The van der Waals surface area contributed by atoms with Crippen LogP contribution in [0.1, 0.15) is 100 Å². The molecule has 7 heterocycles. The van der Waals surface area contributed by atoms with E-state index in [2.05, 4.69) is 63.0 Å². The minimum Gasteiger partial charge on any atom is -0.455 e. The third-order valence-electron chi connectivity index (χ3n) is 14.3. The highest BCUT2D eigenvalue weighted by Crippen LogP contribution is 2.66. The van der Waals surface area contributed by atoms with Crippen LogP contribution in [0.15, 0.2) is 47.4 Å². The van der Waals surface area contributed by atoms with Crippen LogP contribution in [-0.2, 0) is 62.1 Å². The number of hydrogen-bond donors (Lipinski definition) is 7. The molecule has 26 heteroatoms. The van der Waals surface area contributed by atoms with Crippen LogP contribution in [0.5, 0.6) is 11.5 Å². The number of aliphatic hydroxyl groups excluding tert-OH is 1. The maximum absolute atomic E-state index is 14.6. The molecule has 0 saturated carbocycles. The van der Waals surface area contributed by atoms with E-state index in [1.54, 1.807) is 11.9 Å². The Bertz CT molecular complexity index is 3420. The van der Waals surface area contributed by atoms with Gasteiger partial charge in [-0.15, -0.1) is 0 Å². The fourth-order valence-corrected chi connectivity index (χ4v) is 14.2. The lowest BCUT2D eigenvalue weighted by molar-refractivity contribution is -0.121. The number of anilines is 2. The highest BCUT2D eigenvalue weighted by Gasteiger charge is 2.43. The second-order valence-electron chi connectivity index (χ2n) is 19.3. The molecular formula is C49H57N7O16P3+. The van der Waals surface area contributed by atoms with Gasteiger partial charge in [0.1, 0.15) is 42.7 Å². The Labute approximate surface area is 430 Å². The van der Waals surface area contributed by atoms with Crippen molar-refractivity contribution in [3.63, 3.8) is 0 Å². The Kier molecular flexibility index (Phi) is 14.9. The Hall–Kier alpha value is -5.56. The number of hydrogen-bond acceptors (Lipinski definition) is 15. The van der Waals surface area contributed by atoms with E-state index < -0.39 is 54.2 Å². The molecule has 1 aromatic heterocycles. The second-order valence-corrected chi connectivity index (χ2v) is 23.8. The van der Waals surface area contributed by atoms with Crippen molar-refractivity contribution in [1.82, 2.24) is 24.3 Å². The van der Waals surface area contributed by atoms with Crippen molar-refractivity contribution >= 4 is 52.4 Å². The van der Waals surface area contributed by atoms with Gasteiger partial charge in [0.15, 0.2) is 0 Å². The minimum absolute atomic E-state index is 0.0613. The summed E-state index contributed by atoms with van der Waals surface area (Å²) in [5, 5.41) is 15.6. The molecule has 1 saturated heterocycles. The Balaban J connectivity index is 0.797. The number of phosphoric ester groups is 1. The molecule has 0 aliphatic carbocycles. The summed E-state index contributed by atoms with van der Waals surface area (Å²) in [5.74, 6) is 6.61. The number of aliphatic hydroxyl groups is 1. The van der Waals surface area contributed by atoms with Crippen LogP contribution in [0.2, 0.25) is 0 Å². The summed E-state index contributed by atoms with van der Waals surface area (Å²) in [5.41, 5.74) is 15.1. The largest absolute Gasteiger partial charge is 0.490 e. The predicted octanol–water partition coefficient (Wildman–Crippen LogP) is 2.27. The summed E-state index contributed by atoms with van der Waals surface area (Å²) in [7, 11) is -15.2. The van der Waals surface area contributed by atoms with Crippen LogP contribution in [0.25, 0.3) is 5.57 Å². The topological polar surface area (TPSA) is 315 Å². The smallest absolute Gasteiger partial charge is 0.455 e. The van der Waals surface area contributed by atoms with Crippen molar-refractivity contribution < 1.29 is 70.6 Å². The van der Waals surface area contributed by atoms with Gasteiger partial charge in [-0.2, -0.15) is 13.6 Å². The average Bonchev–Trinajstić information content (AvgIpc) is 3.73. The molecule has 8 N–H and O–H groups in total. The molecule has 4 aromatic rings. The molecule has 75 heavy (non-hydrogen) atoms. The molecule has 398 valence electrons. The SMILES string of the molecule is CN(CCCC(=O)NCC#Cc1cn([C@H]2C[C@H](O)[C@@H](COP(=O)(O)OP(=O)(O)OP(=O)(O)O)O2)c(=O)nc1N)C(=O)c1ccccc1C1=c2cc3c4c(c2Oc2c1cc1c5c2CCCN5CCC1)CCC[N+]=4CCC3. The number of fused-ring (bicyclic) bond motifs is 4. The summed E-state index contributed by atoms with van der Waals surface area (Å²) in [4.78, 5) is 85.0. The number of rotatable bonds is 15. The highest BCUT2D eigenvalue weighted by atomic mass is 31.3. The first-order chi connectivity index (χ1) is 35.7. The number of carbonyl (C=O) groups is 2. The van der Waals surface area contributed by atoms with Crippen molar-refractivity contribution in [3.8, 4) is 23.3 Å². The van der Waals surface area contributed by atoms with Gasteiger partial charge in [-0.05, 0) is 74.3 Å². The summed E-state index contributed by atoms with van der Waals surface area (Å²) in [6.45, 7) is 3.39. The van der Waals surface area contributed by atoms with Crippen LogP contribution in [0.3, 0.4) is 0 Å². The van der Waals surface area contributed by atoms with Gasteiger partial charge in [0.2, 0.25) is 11.3 Å². The van der Waals surface area contributed by atoms with Crippen LogP contribution >= 0.6 is 23.5 Å². The number of ether oxygens (including phenoxy) is 2. The fourth-order valence-electron chi connectivity index (χ4n) is 11.1. The molecule has 0 spiro atoms. The number of carbonyl (C=O) groups excluding carboxylic acids is 2. The van der Waals surface area contributed by atoms with E-state index in [9.17, 15) is 43.0 Å². The molecular weight excluding hydrogens is 1040 g/mol. The van der Waals surface area contributed by atoms with E-state index >= 15 is 0 Å². The highest BCUT2D eigenvalue weighted by molar-refractivity contribution is 7.66. The van der Waals surface area contributed by atoms with Crippen molar-refractivity contribution in [2.24, 2.45) is 0 Å². The maximum Gasteiger partial charge on any atom is 0.490 e. The van der Waals surface area contributed by atoms with Gasteiger partial charge >= 0.3 is 29.2 Å². The van der Waals surface area contributed by atoms with E-state index in [1.165, 1.54) is 39.5 Å². The molecule has 0 radical (unpaired) electrons. The Morgan fingerprint density at radius 2 is 1.68 bits per heavy atom. The normalized spacial score (nSPS) is 21.0. The van der Waals surface area contributed by atoms with Crippen LogP contribution < -0.4 is 41.5 Å². The van der Waals surface area contributed by atoms with Gasteiger partial charge in [0.05, 0.1) is 30.4 Å². The van der Waals surface area contributed by atoms with E-state index in [1.807, 2.05) is 18.2 Å². The molecule has 2 unspecified atom stereocenters. The lowest BCUT2D eigenvalue weighted by Crippen LogP contribution is -2.45. The molecule has 0 bridgehead atoms. The predicted molar refractivity (Wildman–Crippen MR) is 270 cm³/mol. The lowest BCUT2D eigenvalue weighted by Gasteiger charge is -2.39. The zero-order chi connectivity index (χ0) is 53.0. The lowest BCUT2D eigenvalue weighted by atomic mass is 9.81. The summed E-state index contributed by atoms with van der Waals surface area (Å²) in [6, 6.07) is 12.5. The third kappa shape index (κ3) is 11.2. The first-order valence-electron chi connectivity index (χ1n) is 24.8. The molecule has 6 aliphatic heterocycles. The third-order valence-corrected chi connectivity index (χ3v) is 18.1. The van der Waals surface area contributed by atoms with Crippen LogP contribution in [-0.4, -0.2) is 116 Å². The number of nitrogens with zero attached hydrogens (tertiary/aromatic N) is 5.